The van der Waals surface area contributed by atoms with Crippen LogP contribution in [0.15, 0.2) is 0 Å². The van der Waals surface area contributed by atoms with Gasteiger partial charge in [0.05, 0.1) is 26.4 Å². The molecule has 5 heteroatoms. The van der Waals surface area contributed by atoms with Crippen LogP contribution in [0, 0.1) is 0 Å². The summed E-state index contributed by atoms with van der Waals surface area (Å²) in [7, 11) is 0. The average molecular weight is 260 g/mol. The van der Waals surface area contributed by atoms with Crippen LogP contribution in [0.3, 0.4) is 0 Å². The molecule has 0 unspecified atom stereocenters. The first-order valence-electron chi connectivity index (χ1n) is 7.11. The minimum Gasteiger partial charge on any atom is -0.395 e. The first-order chi connectivity index (χ1) is 8.86. The second-order valence-corrected chi connectivity index (χ2v) is 4.80. The van der Waals surface area contributed by atoms with E-state index in [1.807, 2.05) is 0 Å². The molecule has 2 heterocycles. The summed E-state index contributed by atoms with van der Waals surface area (Å²) in [6, 6.07) is 0. The number of likely N-dealkylation sites (tertiary alicyclic amines) is 1. The lowest BCUT2D eigenvalue weighted by atomic mass is 10.1. The van der Waals surface area contributed by atoms with Gasteiger partial charge < -0.3 is 19.8 Å². The Morgan fingerprint density at radius 2 is 1.22 bits per heavy atom. The minimum atomic E-state index is 0.264. The van der Waals surface area contributed by atoms with Gasteiger partial charge in [0.25, 0.3) is 0 Å². The fourth-order valence-electron chi connectivity index (χ4n) is 2.29. The molecule has 5 nitrogen and oxygen atoms in total. The van der Waals surface area contributed by atoms with Crippen LogP contribution in [0.5, 0.6) is 0 Å². The number of β-amino-alcohol motifs (C(OH)–C–C–N with tert-alkyl or cyclic N) is 2. The highest BCUT2D eigenvalue weighted by Gasteiger charge is 2.08. The van der Waals surface area contributed by atoms with Crippen molar-refractivity contribution in [1.29, 1.82) is 0 Å². The third-order valence-corrected chi connectivity index (χ3v) is 3.38. The van der Waals surface area contributed by atoms with Gasteiger partial charge in [0.15, 0.2) is 0 Å². The fraction of sp³-hybridized carbons (Fsp3) is 1.00. The fourth-order valence-corrected chi connectivity index (χ4v) is 2.29. The molecular formula is C13H28N2O3. The molecule has 0 atom stereocenters. The van der Waals surface area contributed by atoms with Gasteiger partial charge in [0, 0.05) is 26.2 Å². The molecule has 2 aliphatic rings. The minimum absolute atomic E-state index is 0.264. The Morgan fingerprint density at radius 1 is 0.722 bits per heavy atom. The second-order valence-electron chi connectivity index (χ2n) is 4.80. The van der Waals surface area contributed by atoms with E-state index in [1.54, 1.807) is 0 Å². The lowest BCUT2D eigenvalue weighted by molar-refractivity contribution is 0.0306. The summed E-state index contributed by atoms with van der Waals surface area (Å²) in [4.78, 5) is 4.52. The Hall–Kier alpha value is -0.200. The zero-order valence-corrected chi connectivity index (χ0v) is 11.4. The lowest BCUT2D eigenvalue weighted by Crippen LogP contribution is -2.37. The summed E-state index contributed by atoms with van der Waals surface area (Å²) >= 11 is 0. The van der Waals surface area contributed by atoms with Crippen molar-refractivity contribution in [3.05, 3.63) is 0 Å². The van der Waals surface area contributed by atoms with Crippen molar-refractivity contribution in [3.8, 4) is 0 Å². The predicted octanol–water partition coefficient (Wildman–Crippen LogP) is -0.224. The maximum atomic E-state index is 8.58. The maximum Gasteiger partial charge on any atom is 0.0594 e. The Labute approximate surface area is 110 Å². The number of hydrogen-bond donors (Lipinski definition) is 2. The second kappa shape index (κ2) is 10.7. The number of hydrogen-bond acceptors (Lipinski definition) is 5. The molecule has 2 N–H and O–H groups in total. The van der Waals surface area contributed by atoms with Crippen molar-refractivity contribution in [2.45, 2.75) is 19.3 Å². The molecule has 2 aliphatic heterocycles. The zero-order valence-electron chi connectivity index (χ0n) is 11.4. The molecule has 108 valence electrons. The predicted molar refractivity (Wildman–Crippen MR) is 71.7 cm³/mol. The third-order valence-electron chi connectivity index (χ3n) is 3.38. The van der Waals surface area contributed by atoms with Gasteiger partial charge in [-0.25, -0.2) is 0 Å². The largest absolute Gasteiger partial charge is 0.395 e. The normalized spacial score (nSPS) is 22.3. The van der Waals surface area contributed by atoms with E-state index in [2.05, 4.69) is 9.80 Å². The number of aliphatic hydroxyl groups is 2. The SMILES string of the molecule is OCCN1CCCCC1.OCCN1CCOCC1. The highest BCUT2D eigenvalue weighted by Crippen LogP contribution is 2.06. The number of piperidine rings is 1. The molecule has 0 spiro atoms. The van der Waals surface area contributed by atoms with Gasteiger partial charge in [-0.3, -0.25) is 4.90 Å². The van der Waals surface area contributed by atoms with Gasteiger partial charge in [0.2, 0.25) is 0 Å². The highest BCUT2D eigenvalue weighted by atomic mass is 16.5. The summed E-state index contributed by atoms with van der Waals surface area (Å²) in [6.07, 6.45) is 4.02. The van der Waals surface area contributed by atoms with Crippen LogP contribution >= 0.6 is 0 Å². The molecular weight excluding hydrogens is 232 g/mol. The van der Waals surface area contributed by atoms with Crippen molar-refractivity contribution < 1.29 is 14.9 Å². The van der Waals surface area contributed by atoms with E-state index in [-0.39, 0.29) is 6.61 Å². The van der Waals surface area contributed by atoms with Crippen molar-refractivity contribution in [2.24, 2.45) is 0 Å². The van der Waals surface area contributed by atoms with Crippen LogP contribution in [-0.2, 0) is 4.74 Å². The van der Waals surface area contributed by atoms with Crippen LogP contribution < -0.4 is 0 Å². The molecule has 2 rings (SSSR count). The summed E-state index contributed by atoms with van der Waals surface area (Å²) in [5.41, 5.74) is 0. The average Bonchev–Trinajstić information content (AvgIpc) is 2.43. The van der Waals surface area contributed by atoms with Crippen LogP contribution in [0.1, 0.15) is 19.3 Å². The molecule has 0 aromatic rings. The van der Waals surface area contributed by atoms with E-state index in [4.69, 9.17) is 14.9 Å². The summed E-state index contributed by atoms with van der Waals surface area (Å²) in [5, 5.41) is 17.1. The molecule has 0 saturated carbocycles. The molecule has 2 saturated heterocycles. The summed E-state index contributed by atoms with van der Waals surface area (Å²) in [6.45, 7) is 8.23. The van der Waals surface area contributed by atoms with E-state index in [1.165, 1.54) is 32.4 Å². The van der Waals surface area contributed by atoms with Gasteiger partial charge in [0.1, 0.15) is 0 Å². The summed E-state index contributed by atoms with van der Waals surface area (Å²) < 4.78 is 5.12. The van der Waals surface area contributed by atoms with Crippen LogP contribution in [-0.4, -0.2) is 85.7 Å². The van der Waals surface area contributed by atoms with E-state index >= 15 is 0 Å². The first-order valence-corrected chi connectivity index (χ1v) is 7.11. The molecule has 0 radical (unpaired) electrons. The molecule has 2 fully saturated rings. The quantitative estimate of drug-likeness (QED) is 0.732. The Bertz CT molecular complexity index is 156. The molecule has 0 bridgehead atoms. The maximum absolute atomic E-state index is 8.58. The van der Waals surface area contributed by atoms with Gasteiger partial charge in [-0.15, -0.1) is 0 Å². The van der Waals surface area contributed by atoms with Crippen molar-refractivity contribution >= 4 is 0 Å². The standard InChI is InChI=1S/C7H15NO.C6H13NO2/c9-7-6-8-4-2-1-3-5-8;8-4-1-7-2-5-9-6-3-7/h9H,1-7H2;8H,1-6H2. The molecule has 0 aromatic carbocycles. The van der Waals surface area contributed by atoms with Crippen molar-refractivity contribution in [2.75, 3.05) is 65.7 Å². The van der Waals surface area contributed by atoms with E-state index in [9.17, 15) is 0 Å². The van der Waals surface area contributed by atoms with E-state index in [0.717, 1.165) is 39.4 Å². The van der Waals surface area contributed by atoms with E-state index < -0.39 is 0 Å². The zero-order chi connectivity index (χ0) is 13.1. The lowest BCUT2D eigenvalue weighted by Gasteiger charge is -2.25. The monoisotopic (exact) mass is 260 g/mol. The number of rotatable bonds is 4. The van der Waals surface area contributed by atoms with Gasteiger partial charge in [-0.1, -0.05) is 6.42 Å². The van der Waals surface area contributed by atoms with Gasteiger partial charge in [-0.2, -0.15) is 0 Å². The number of aliphatic hydroxyl groups excluding tert-OH is 2. The Morgan fingerprint density at radius 3 is 1.72 bits per heavy atom. The molecule has 0 amide bonds. The van der Waals surface area contributed by atoms with Crippen LogP contribution in [0.4, 0.5) is 0 Å². The summed E-state index contributed by atoms with van der Waals surface area (Å²) in [5.74, 6) is 0. The highest BCUT2D eigenvalue weighted by molar-refractivity contribution is 4.63. The van der Waals surface area contributed by atoms with Crippen LogP contribution in [0.25, 0.3) is 0 Å². The van der Waals surface area contributed by atoms with Gasteiger partial charge in [-0.05, 0) is 25.9 Å². The number of ether oxygens (including phenoxy) is 1. The Balaban J connectivity index is 0.000000180. The Kier molecular flexibility index (Phi) is 9.42. The molecule has 0 aromatic heterocycles. The van der Waals surface area contributed by atoms with Crippen molar-refractivity contribution in [3.63, 3.8) is 0 Å². The smallest absolute Gasteiger partial charge is 0.0594 e. The third kappa shape index (κ3) is 7.28. The topological polar surface area (TPSA) is 56.2 Å². The van der Waals surface area contributed by atoms with Gasteiger partial charge >= 0.3 is 0 Å². The van der Waals surface area contributed by atoms with E-state index in [0.29, 0.717) is 6.61 Å². The first kappa shape index (κ1) is 15.9. The van der Waals surface area contributed by atoms with Crippen molar-refractivity contribution in [1.82, 2.24) is 9.80 Å². The number of nitrogens with zero attached hydrogens (tertiary/aromatic N) is 2. The molecule has 0 aliphatic carbocycles. The van der Waals surface area contributed by atoms with Crippen LogP contribution in [0.2, 0.25) is 0 Å². The number of morpholine rings is 1. The molecule has 18 heavy (non-hydrogen) atoms.